The highest BCUT2D eigenvalue weighted by molar-refractivity contribution is 5.76. The van der Waals surface area contributed by atoms with Crippen LogP contribution in [-0.4, -0.2) is 19.1 Å². The summed E-state index contributed by atoms with van der Waals surface area (Å²) >= 11 is 0. The molecule has 0 unspecified atom stereocenters. The Morgan fingerprint density at radius 2 is 1.86 bits per heavy atom. The van der Waals surface area contributed by atoms with E-state index in [0.717, 1.165) is 17.1 Å². The summed E-state index contributed by atoms with van der Waals surface area (Å²) in [6, 6.07) is 5.85. The molecule has 1 amide bonds. The number of amides is 1. The summed E-state index contributed by atoms with van der Waals surface area (Å²) in [6.07, 6.45) is 6.97. The zero-order valence-corrected chi connectivity index (χ0v) is 12.4. The average molecular weight is 289 g/mol. The number of nitrogens with one attached hydrogen (secondary N) is 1. The highest BCUT2D eigenvalue weighted by atomic mass is 16.6. The van der Waals surface area contributed by atoms with Gasteiger partial charge < -0.3 is 14.8 Å². The number of hydrogen-bond donors (Lipinski definition) is 1. The first kappa shape index (κ1) is 14.2. The van der Waals surface area contributed by atoms with Crippen LogP contribution in [0.1, 0.15) is 44.1 Å². The summed E-state index contributed by atoms with van der Waals surface area (Å²) < 4.78 is 11.0. The molecule has 1 heterocycles. The van der Waals surface area contributed by atoms with E-state index in [1.165, 1.54) is 32.1 Å². The van der Waals surface area contributed by atoms with Crippen molar-refractivity contribution in [1.82, 2.24) is 5.32 Å². The first-order valence-corrected chi connectivity index (χ1v) is 7.96. The predicted molar refractivity (Wildman–Crippen MR) is 80.5 cm³/mol. The Hall–Kier alpha value is -1.71. The van der Waals surface area contributed by atoms with Crippen molar-refractivity contribution in [1.29, 1.82) is 0 Å². The van der Waals surface area contributed by atoms with Gasteiger partial charge in [0.05, 0.1) is 0 Å². The number of carbonyl (C=O) groups is 1. The summed E-state index contributed by atoms with van der Waals surface area (Å²) in [5, 5.41) is 3.02. The molecule has 4 nitrogen and oxygen atoms in total. The van der Waals surface area contributed by atoms with Crippen LogP contribution in [0.5, 0.6) is 11.5 Å². The molecular weight excluding hydrogens is 266 g/mol. The Balaban J connectivity index is 1.49. The molecule has 1 aliphatic heterocycles. The van der Waals surface area contributed by atoms with Gasteiger partial charge in [-0.25, -0.2) is 0 Å². The lowest BCUT2D eigenvalue weighted by Crippen LogP contribution is -2.26. The molecule has 1 aliphatic carbocycles. The van der Waals surface area contributed by atoms with E-state index < -0.39 is 0 Å². The molecule has 1 N–H and O–H groups in total. The van der Waals surface area contributed by atoms with Gasteiger partial charge in [-0.05, 0) is 36.5 Å². The van der Waals surface area contributed by atoms with Gasteiger partial charge in [0.2, 0.25) is 5.91 Å². The lowest BCUT2D eigenvalue weighted by atomic mass is 9.87. The highest BCUT2D eigenvalue weighted by Gasteiger charge is 2.17. The Morgan fingerprint density at radius 3 is 2.67 bits per heavy atom. The molecular formula is C17H23NO3. The number of hydrogen-bond acceptors (Lipinski definition) is 3. The van der Waals surface area contributed by atoms with Crippen LogP contribution in [0.2, 0.25) is 0 Å². The molecule has 1 aromatic rings. The van der Waals surface area contributed by atoms with Crippen LogP contribution in [0, 0.1) is 5.92 Å². The predicted octanol–water partition coefficient (Wildman–Crippen LogP) is 3.04. The minimum absolute atomic E-state index is 0.164. The summed E-state index contributed by atoms with van der Waals surface area (Å²) in [7, 11) is 0. The molecule has 0 aromatic heterocycles. The van der Waals surface area contributed by atoms with Gasteiger partial charge in [-0.3, -0.25) is 4.79 Å². The molecule has 0 bridgehead atoms. The van der Waals surface area contributed by atoms with Gasteiger partial charge >= 0.3 is 0 Å². The van der Waals surface area contributed by atoms with Crippen LogP contribution in [0.25, 0.3) is 0 Å². The van der Waals surface area contributed by atoms with E-state index in [2.05, 4.69) is 5.32 Å². The van der Waals surface area contributed by atoms with E-state index in [1.807, 2.05) is 18.2 Å². The van der Waals surface area contributed by atoms with Crippen molar-refractivity contribution in [3.05, 3.63) is 23.8 Å². The van der Waals surface area contributed by atoms with Crippen LogP contribution >= 0.6 is 0 Å². The lowest BCUT2D eigenvalue weighted by molar-refractivity contribution is -0.122. The van der Waals surface area contributed by atoms with Gasteiger partial charge in [-0.1, -0.05) is 25.3 Å². The number of benzene rings is 1. The van der Waals surface area contributed by atoms with Crippen molar-refractivity contribution in [2.45, 2.75) is 45.1 Å². The fourth-order valence-corrected chi connectivity index (χ4v) is 3.12. The quantitative estimate of drug-likeness (QED) is 0.926. The second kappa shape index (κ2) is 6.83. The third-order valence-corrected chi connectivity index (χ3v) is 4.30. The number of carbonyl (C=O) groups excluding carboxylic acids is 1. The van der Waals surface area contributed by atoms with E-state index >= 15 is 0 Å². The minimum Gasteiger partial charge on any atom is -0.486 e. The zero-order valence-electron chi connectivity index (χ0n) is 12.4. The summed E-state index contributed by atoms with van der Waals surface area (Å²) in [5.41, 5.74) is 1.05. The van der Waals surface area contributed by atoms with E-state index in [4.69, 9.17) is 9.47 Å². The SMILES string of the molecule is O=C(CC1CCCCC1)NCc1ccc2c(c1)OCCO2. The molecule has 114 valence electrons. The van der Waals surface area contributed by atoms with Crippen LogP contribution < -0.4 is 14.8 Å². The standard InChI is InChI=1S/C17H23NO3/c19-17(11-13-4-2-1-3-5-13)18-12-14-6-7-15-16(10-14)21-9-8-20-15/h6-7,10,13H,1-5,8-9,11-12H2,(H,18,19). The van der Waals surface area contributed by atoms with Crippen LogP contribution in [0.15, 0.2) is 18.2 Å². The fourth-order valence-electron chi connectivity index (χ4n) is 3.12. The molecule has 0 radical (unpaired) electrons. The Labute approximate surface area is 125 Å². The number of rotatable bonds is 4. The smallest absolute Gasteiger partial charge is 0.220 e. The maximum atomic E-state index is 12.0. The van der Waals surface area contributed by atoms with E-state index in [-0.39, 0.29) is 5.91 Å². The molecule has 4 heteroatoms. The summed E-state index contributed by atoms with van der Waals surface area (Å²) in [5.74, 6) is 2.31. The average Bonchev–Trinajstić information content (AvgIpc) is 2.54. The Kier molecular flexibility index (Phi) is 4.63. The van der Waals surface area contributed by atoms with Crippen LogP contribution in [0.4, 0.5) is 0 Å². The molecule has 21 heavy (non-hydrogen) atoms. The Morgan fingerprint density at radius 1 is 1.10 bits per heavy atom. The van der Waals surface area contributed by atoms with Crippen LogP contribution in [-0.2, 0) is 11.3 Å². The highest BCUT2D eigenvalue weighted by Crippen LogP contribution is 2.30. The minimum atomic E-state index is 0.164. The lowest BCUT2D eigenvalue weighted by Gasteiger charge is -2.21. The normalized spacial score (nSPS) is 18.3. The molecule has 0 spiro atoms. The second-order valence-electron chi connectivity index (χ2n) is 5.96. The van der Waals surface area contributed by atoms with E-state index in [1.54, 1.807) is 0 Å². The van der Waals surface area contributed by atoms with E-state index in [9.17, 15) is 4.79 Å². The van der Waals surface area contributed by atoms with Crippen molar-refractivity contribution in [3.63, 3.8) is 0 Å². The van der Waals surface area contributed by atoms with Gasteiger partial charge in [0, 0.05) is 13.0 Å². The molecule has 1 saturated carbocycles. The molecule has 2 aliphatic rings. The zero-order chi connectivity index (χ0) is 14.5. The summed E-state index contributed by atoms with van der Waals surface area (Å²) in [4.78, 5) is 12.0. The monoisotopic (exact) mass is 289 g/mol. The second-order valence-corrected chi connectivity index (χ2v) is 5.96. The molecule has 1 fully saturated rings. The topological polar surface area (TPSA) is 47.6 Å². The maximum absolute atomic E-state index is 12.0. The van der Waals surface area contributed by atoms with Crippen LogP contribution in [0.3, 0.4) is 0 Å². The van der Waals surface area contributed by atoms with E-state index in [0.29, 0.717) is 32.1 Å². The van der Waals surface area contributed by atoms with Crippen molar-refractivity contribution < 1.29 is 14.3 Å². The maximum Gasteiger partial charge on any atom is 0.220 e. The number of ether oxygens (including phenoxy) is 2. The van der Waals surface area contributed by atoms with Gasteiger partial charge in [0.15, 0.2) is 11.5 Å². The first-order chi connectivity index (χ1) is 10.3. The van der Waals surface area contributed by atoms with Crippen molar-refractivity contribution in [2.75, 3.05) is 13.2 Å². The van der Waals surface area contributed by atoms with Gasteiger partial charge in [-0.2, -0.15) is 0 Å². The largest absolute Gasteiger partial charge is 0.486 e. The third-order valence-electron chi connectivity index (χ3n) is 4.30. The third kappa shape index (κ3) is 3.90. The summed E-state index contributed by atoms with van der Waals surface area (Å²) in [6.45, 7) is 1.75. The molecule has 0 saturated heterocycles. The molecule has 0 atom stereocenters. The number of fused-ring (bicyclic) bond motifs is 1. The molecule has 3 rings (SSSR count). The van der Waals surface area contributed by atoms with Crippen molar-refractivity contribution in [2.24, 2.45) is 5.92 Å². The van der Waals surface area contributed by atoms with Gasteiger partial charge in [-0.15, -0.1) is 0 Å². The van der Waals surface area contributed by atoms with Crippen molar-refractivity contribution in [3.8, 4) is 11.5 Å². The van der Waals surface area contributed by atoms with Gasteiger partial charge in [0.25, 0.3) is 0 Å². The first-order valence-electron chi connectivity index (χ1n) is 7.96. The fraction of sp³-hybridized carbons (Fsp3) is 0.588. The Bertz CT molecular complexity index is 495. The van der Waals surface area contributed by atoms with Gasteiger partial charge in [0.1, 0.15) is 13.2 Å². The van der Waals surface area contributed by atoms with Crippen molar-refractivity contribution >= 4 is 5.91 Å². The molecule has 1 aromatic carbocycles.